The summed E-state index contributed by atoms with van der Waals surface area (Å²) in [4.78, 5) is 40.2. The van der Waals surface area contributed by atoms with E-state index < -0.39 is 6.04 Å². The molecule has 2 fully saturated rings. The third-order valence-corrected chi connectivity index (χ3v) is 5.08. The summed E-state index contributed by atoms with van der Waals surface area (Å²) in [6.45, 7) is 4.98. The van der Waals surface area contributed by atoms with Crippen LogP contribution in [0.3, 0.4) is 0 Å². The normalized spacial score (nSPS) is 25.3. The highest BCUT2D eigenvalue weighted by Gasteiger charge is 2.44. The lowest BCUT2D eigenvalue weighted by molar-refractivity contribution is -0.127. The van der Waals surface area contributed by atoms with Crippen molar-refractivity contribution in [3.8, 4) is 0 Å². The van der Waals surface area contributed by atoms with Crippen LogP contribution in [0, 0.1) is 19.8 Å². The molecule has 1 aromatic rings. The zero-order valence-corrected chi connectivity index (χ0v) is 14.1. The Balaban J connectivity index is 1.86. The van der Waals surface area contributed by atoms with Crippen molar-refractivity contribution in [3.05, 3.63) is 29.3 Å². The van der Waals surface area contributed by atoms with E-state index in [1.54, 1.807) is 0 Å². The van der Waals surface area contributed by atoms with Gasteiger partial charge >= 0.3 is 0 Å². The van der Waals surface area contributed by atoms with Gasteiger partial charge in [0, 0.05) is 6.54 Å². The standard InChI is InChI=1S/C18H23N3O3/c1-11-5-3-6-12(2)16(11)21-15(22)9-14(18(21)24)20-8-4-7-13(10-20)17(19)23/h3,5-6,13-14H,4,7-10H2,1-2H3,(H2,19,23)/t13-,14-/m1/s1. The van der Waals surface area contributed by atoms with Gasteiger partial charge in [-0.1, -0.05) is 18.2 Å². The van der Waals surface area contributed by atoms with Gasteiger partial charge in [-0.05, 0) is 44.4 Å². The zero-order valence-electron chi connectivity index (χ0n) is 14.1. The highest BCUT2D eigenvalue weighted by atomic mass is 16.2. The molecule has 0 radical (unpaired) electrons. The van der Waals surface area contributed by atoms with E-state index in [9.17, 15) is 14.4 Å². The molecule has 2 N–H and O–H groups in total. The second-order valence-corrected chi connectivity index (χ2v) is 6.76. The number of para-hydroxylation sites is 1. The Kier molecular flexibility index (Phi) is 4.41. The van der Waals surface area contributed by atoms with Gasteiger partial charge in [-0.3, -0.25) is 19.3 Å². The maximum atomic E-state index is 12.9. The fraction of sp³-hybridized carbons (Fsp3) is 0.500. The maximum absolute atomic E-state index is 12.9. The molecule has 0 saturated carbocycles. The van der Waals surface area contributed by atoms with Crippen LogP contribution in [0.2, 0.25) is 0 Å². The third-order valence-electron chi connectivity index (χ3n) is 5.08. The molecule has 0 spiro atoms. The first kappa shape index (κ1) is 16.6. The first-order valence-corrected chi connectivity index (χ1v) is 8.36. The first-order chi connectivity index (χ1) is 11.4. The number of nitrogens with zero attached hydrogens (tertiary/aromatic N) is 2. The number of primary amides is 1. The number of aryl methyl sites for hydroxylation is 2. The molecule has 1 aromatic carbocycles. The van der Waals surface area contributed by atoms with Crippen molar-refractivity contribution in [1.29, 1.82) is 0 Å². The predicted octanol–water partition coefficient (Wildman–Crippen LogP) is 1.13. The molecule has 0 aromatic heterocycles. The molecule has 3 amide bonds. The Bertz CT molecular complexity index is 680. The largest absolute Gasteiger partial charge is 0.369 e. The van der Waals surface area contributed by atoms with E-state index in [2.05, 4.69) is 0 Å². The fourth-order valence-corrected chi connectivity index (χ4v) is 3.82. The van der Waals surface area contributed by atoms with Crippen LogP contribution in [0.15, 0.2) is 18.2 Å². The minimum Gasteiger partial charge on any atom is -0.369 e. The number of amides is 3. The van der Waals surface area contributed by atoms with Crippen LogP contribution in [-0.4, -0.2) is 41.8 Å². The summed E-state index contributed by atoms with van der Waals surface area (Å²) in [6.07, 6.45) is 1.73. The Morgan fingerprint density at radius 3 is 2.50 bits per heavy atom. The van der Waals surface area contributed by atoms with E-state index in [-0.39, 0.29) is 30.1 Å². The molecular weight excluding hydrogens is 306 g/mol. The van der Waals surface area contributed by atoms with Crippen molar-refractivity contribution in [3.63, 3.8) is 0 Å². The predicted molar refractivity (Wildman–Crippen MR) is 90.3 cm³/mol. The number of benzene rings is 1. The lowest BCUT2D eigenvalue weighted by Crippen LogP contribution is -2.49. The third kappa shape index (κ3) is 2.82. The molecule has 6 nitrogen and oxygen atoms in total. The first-order valence-electron chi connectivity index (χ1n) is 8.36. The average Bonchev–Trinajstić information content (AvgIpc) is 2.83. The fourth-order valence-electron chi connectivity index (χ4n) is 3.82. The van der Waals surface area contributed by atoms with Gasteiger partial charge in [0.25, 0.3) is 5.91 Å². The molecule has 2 atom stereocenters. The topological polar surface area (TPSA) is 83.7 Å². The minimum absolute atomic E-state index is 0.165. The number of piperidine rings is 1. The molecule has 0 aliphatic carbocycles. The minimum atomic E-state index is -0.487. The smallest absolute Gasteiger partial charge is 0.251 e. The van der Waals surface area contributed by atoms with Crippen molar-refractivity contribution in [1.82, 2.24) is 4.90 Å². The molecule has 6 heteroatoms. The van der Waals surface area contributed by atoms with E-state index in [1.807, 2.05) is 36.9 Å². The van der Waals surface area contributed by atoms with Crippen LogP contribution in [-0.2, 0) is 14.4 Å². The van der Waals surface area contributed by atoms with Crippen LogP contribution in [0.1, 0.15) is 30.4 Å². The zero-order chi connectivity index (χ0) is 17.4. The molecule has 128 valence electrons. The SMILES string of the molecule is Cc1cccc(C)c1N1C(=O)C[C@@H](N2CCC[C@@H](C(N)=O)C2)C1=O. The number of likely N-dealkylation sites (tertiary alicyclic amines) is 1. The Morgan fingerprint density at radius 2 is 1.88 bits per heavy atom. The van der Waals surface area contributed by atoms with Crippen LogP contribution < -0.4 is 10.6 Å². The summed E-state index contributed by atoms with van der Waals surface area (Å²) in [5.41, 5.74) is 7.93. The Morgan fingerprint density at radius 1 is 1.21 bits per heavy atom. The van der Waals surface area contributed by atoms with Gasteiger partial charge in [0.05, 0.1) is 24.1 Å². The summed E-state index contributed by atoms with van der Waals surface area (Å²) >= 11 is 0. The maximum Gasteiger partial charge on any atom is 0.251 e. The molecule has 3 rings (SSSR count). The van der Waals surface area contributed by atoms with Gasteiger partial charge in [0.1, 0.15) is 0 Å². The number of hydrogen-bond donors (Lipinski definition) is 1. The van der Waals surface area contributed by atoms with Crippen molar-refractivity contribution in [2.45, 2.75) is 39.2 Å². The molecule has 2 saturated heterocycles. The summed E-state index contributed by atoms with van der Waals surface area (Å²) in [5, 5.41) is 0. The summed E-state index contributed by atoms with van der Waals surface area (Å²) in [7, 11) is 0. The second-order valence-electron chi connectivity index (χ2n) is 6.76. The highest BCUT2D eigenvalue weighted by Crippen LogP contribution is 2.32. The van der Waals surface area contributed by atoms with Gasteiger partial charge < -0.3 is 5.73 Å². The number of nitrogens with two attached hydrogens (primary N) is 1. The van der Waals surface area contributed by atoms with Gasteiger partial charge in [-0.25, -0.2) is 4.90 Å². The van der Waals surface area contributed by atoms with Gasteiger partial charge in [0.15, 0.2) is 0 Å². The number of carbonyl (C=O) groups excluding carboxylic acids is 3. The quantitative estimate of drug-likeness (QED) is 0.843. The van der Waals surface area contributed by atoms with Crippen LogP contribution in [0.25, 0.3) is 0 Å². The van der Waals surface area contributed by atoms with E-state index in [1.165, 1.54) is 4.90 Å². The number of imide groups is 1. The molecule has 2 heterocycles. The van der Waals surface area contributed by atoms with E-state index in [4.69, 9.17) is 5.73 Å². The number of rotatable bonds is 3. The molecule has 0 bridgehead atoms. The lowest BCUT2D eigenvalue weighted by atomic mass is 9.96. The summed E-state index contributed by atoms with van der Waals surface area (Å²) in [6, 6.07) is 5.23. The Hall–Kier alpha value is -2.21. The van der Waals surface area contributed by atoms with Crippen molar-refractivity contribution in [2.24, 2.45) is 11.7 Å². The van der Waals surface area contributed by atoms with Crippen LogP contribution >= 0.6 is 0 Å². The van der Waals surface area contributed by atoms with Crippen LogP contribution in [0.5, 0.6) is 0 Å². The van der Waals surface area contributed by atoms with Crippen LogP contribution in [0.4, 0.5) is 5.69 Å². The second kappa shape index (κ2) is 6.36. The number of anilines is 1. The lowest BCUT2D eigenvalue weighted by Gasteiger charge is -2.34. The van der Waals surface area contributed by atoms with E-state index >= 15 is 0 Å². The summed E-state index contributed by atoms with van der Waals surface area (Å²) in [5.74, 6) is -0.940. The molecule has 2 aliphatic rings. The molecule has 2 aliphatic heterocycles. The van der Waals surface area contributed by atoms with Gasteiger partial charge in [-0.15, -0.1) is 0 Å². The molecular formula is C18H23N3O3. The van der Waals surface area contributed by atoms with Crippen molar-refractivity contribution < 1.29 is 14.4 Å². The van der Waals surface area contributed by atoms with E-state index in [0.717, 1.165) is 24.0 Å². The van der Waals surface area contributed by atoms with Crippen molar-refractivity contribution in [2.75, 3.05) is 18.0 Å². The number of carbonyl (C=O) groups is 3. The molecule has 0 unspecified atom stereocenters. The van der Waals surface area contributed by atoms with Gasteiger partial charge in [0.2, 0.25) is 11.8 Å². The highest BCUT2D eigenvalue weighted by molar-refractivity contribution is 6.23. The van der Waals surface area contributed by atoms with Gasteiger partial charge in [-0.2, -0.15) is 0 Å². The van der Waals surface area contributed by atoms with E-state index in [0.29, 0.717) is 18.8 Å². The average molecular weight is 329 g/mol. The number of hydrogen-bond acceptors (Lipinski definition) is 4. The van der Waals surface area contributed by atoms with Crippen molar-refractivity contribution >= 4 is 23.4 Å². The Labute approximate surface area is 141 Å². The monoisotopic (exact) mass is 329 g/mol. The summed E-state index contributed by atoms with van der Waals surface area (Å²) < 4.78 is 0. The molecule has 24 heavy (non-hydrogen) atoms.